The maximum absolute atomic E-state index is 4.51. The van der Waals surface area contributed by atoms with Crippen molar-refractivity contribution in [1.82, 2.24) is 4.98 Å². The molecule has 96 valence electrons. The van der Waals surface area contributed by atoms with Gasteiger partial charge in [-0.2, -0.15) is 0 Å². The molecule has 0 amide bonds. The molecule has 0 unspecified atom stereocenters. The maximum atomic E-state index is 4.51. The standard InChI is InChI=1S/C14H19N3S/c1-2-9-15-13-6-3-7-14(17-13)16-10-8-12-5-4-11-18-12/h3-7,11H,2,8-10H2,1H3,(H2,15,16,17). The monoisotopic (exact) mass is 261 g/mol. The van der Waals surface area contributed by atoms with Crippen molar-refractivity contribution in [2.75, 3.05) is 23.7 Å². The second-order valence-electron chi connectivity index (χ2n) is 4.09. The molecule has 2 N–H and O–H groups in total. The van der Waals surface area contributed by atoms with Crippen molar-refractivity contribution in [2.45, 2.75) is 19.8 Å². The van der Waals surface area contributed by atoms with E-state index in [1.54, 1.807) is 11.3 Å². The first-order chi connectivity index (χ1) is 8.88. The highest BCUT2D eigenvalue weighted by Gasteiger charge is 1.97. The Kier molecular flexibility index (Phi) is 5.02. The first-order valence-electron chi connectivity index (χ1n) is 6.35. The highest BCUT2D eigenvalue weighted by atomic mass is 32.1. The largest absolute Gasteiger partial charge is 0.370 e. The van der Waals surface area contributed by atoms with E-state index in [1.165, 1.54) is 4.88 Å². The van der Waals surface area contributed by atoms with Crippen molar-refractivity contribution in [1.29, 1.82) is 0 Å². The topological polar surface area (TPSA) is 37.0 Å². The number of nitrogens with zero attached hydrogens (tertiary/aromatic N) is 1. The lowest BCUT2D eigenvalue weighted by atomic mass is 10.3. The molecule has 0 bridgehead atoms. The van der Waals surface area contributed by atoms with Gasteiger partial charge < -0.3 is 10.6 Å². The number of hydrogen-bond acceptors (Lipinski definition) is 4. The minimum atomic E-state index is 0.921. The van der Waals surface area contributed by atoms with Crippen molar-refractivity contribution in [2.24, 2.45) is 0 Å². The van der Waals surface area contributed by atoms with E-state index in [9.17, 15) is 0 Å². The summed E-state index contributed by atoms with van der Waals surface area (Å²) in [5, 5.41) is 8.76. The Bertz CT molecular complexity index is 454. The van der Waals surface area contributed by atoms with Crippen LogP contribution in [0.1, 0.15) is 18.2 Å². The van der Waals surface area contributed by atoms with Gasteiger partial charge in [0.1, 0.15) is 11.6 Å². The van der Waals surface area contributed by atoms with Crippen LogP contribution in [0.4, 0.5) is 11.6 Å². The third kappa shape index (κ3) is 4.04. The summed E-state index contributed by atoms with van der Waals surface area (Å²) in [6.45, 7) is 4.03. The molecule has 0 aliphatic heterocycles. The predicted molar refractivity (Wildman–Crippen MR) is 79.5 cm³/mol. The second kappa shape index (κ2) is 7.01. The highest BCUT2D eigenvalue weighted by molar-refractivity contribution is 7.09. The number of pyridine rings is 1. The molecule has 0 atom stereocenters. The van der Waals surface area contributed by atoms with Crippen LogP contribution in [0.5, 0.6) is 0 Å². The third-order valence-corrected chi connectivity index (χ3v) is 3.50. The van der Waals surface area contributed by atoms with E-state index >= 15 is 0 Å². The van der Waals surface area contributed by atoms with Crippen molar-refractivity contribution >= 4 is 23.0 Å². The third-order valence-electron chi connectivity index (χ3n) is 2.56. The van der Waals surface area contributed by atoms with Crippen LogP contribution in [-0.4, -0.2) is 18.1 Å². The summed E-state index contributed by atoms with van der Waals surface area (Å²) in [5.41, 5.74) is 0. The highest BCUT2D eigenvalue weighted by Crippen LogP contribution is 2.11. The van der Waals surface area contributed by atoms with Crippen molar-refractivity contribution in [3.8, 4) is 0 Å². The van der Waals surface area contributed by atoms with Gasteiger partial charge in [-0.15, -0.1) is 11.3 Å². The first-order valence-corrected chi connectivity index (χ1v) is 7.23. The molecule has 0 radical (unpaired) electrons. The molecule has 0 aliphatic rings. The average molecular weight is 261 g/mol. The molecule has 2 rings (SSSR count). The minimum absolute atomic E-state index is 0.921. The number of anilines is 2. The Hall–Kier alpha value is -1.55. The molecular formula is C14H19N3S. The molecule has 0 aliphatic carbocycles. The zero-order valence-electron chi connectivity index (χ0n) is 10.6. The molecule has 0 saturated carbocycles. The van der Waals surface area contributed by atoms with E-state index in [-0.39, 0.29) is 0 Å². The molecule has 2 aromatic heterocycles. The zero-order valence-corrected chi connectivity index (χ0v) is 11.5. The van der Waals surface area contributed by atoms with E-state index in [4.69, 9.17) is 0 Å². The van der Waals surface area contributed by atoms with Crippen molar-refractivity contribution < 1.29 is 0 Å². The van der Waals surface area contributed by atoms with E-state index in [0.717, 1.165) is 37.6 Å². The lowest BCUT2D eigenvalue weighted by Crippen LogP contribution is -2.07. The predicted octanol–water partition coefficient (Wildman–Crippen LogP) is 3.62. The maximum Gasteiger partial charge on any atom is 0.128 e. The van der Waals surface area contributed by atoms with Crippen molar-refractivity contribution in [3.05, 3.63) is 40.6 Å². The Morgan fingerprint density at radius 3 is 2.50 bits per heavy atom. The molecular weight excluding hydrogens is 242 g/mol. The smallest absolute Gasteiger partial charge is 0.128 e. The minimum Gasteiger partial charge on any atom is -0.370 e. The van der Waals surface area contributed by atoms with Gasteiger partial charge in [0.25, 0.3) is 0 Å². The number of hydrogen-bond donors (Lipinski definition) is 2. The van der Waals surface area contributed by atoms with Gasteiger partial charge in [-0.1, -0.05) is 19.1 Å². The summed E-state index contributed by atoms with van der Waals surface area (Å²) >= 11 is 1.80. The molecule has 2 aromatic rings. The summed E-state index contributed by atoms with van der Waals surface area (Å²) in [5.74, 6) is 1.88. The van der Waals surface area contributed by atoms with Gasteiger partial charge in [-0.3, -0.25) is 0 Å². The van der Waals surface area contributed by atoms with Gasteiger partial charge in [0.05, 0.1) is 0 Å². The lowest BCUT2D eigenvalue weighted by Gasteiger charge is -2.08. The number of thiophene rings is 1. The molecule has 0 aromatic carbocycles. The van der Waals surface area contributed by atoms with Gasteiger partial charge in [-0.05, 0) is 36.4 Å². The second-order valence-corrected chi connectivity index (χ2v) is 5.12. The van der Waals surface area contributed by atoms with E-state index in [0.29, 0.717) is 0 Å². The Morgan fingerprint density at radius 1 is 1.06 bits per heavy atom. The summed E-state index contributed by atoms with van der Waals surface area (Å²) in [7, 11) is 0. The fourth-order valence-corrected chi connectivity index (χ4v) is 2.36. The van der Waals surface area contributed by atoms with Crippen LogP contribution in [0, 0.1) is 0 Å². The van der Waals surface area contributed by atoms with Crippen LogP contribution in [0.15, 0.2) is 35.7 Å². The van der Waals surface area contributed by atoms with Crippen LogP contribution in [0.2, 0.25) is 0 Å². The molecule has 4 heteroatoms. The Morgan fingerprint density at radius 2 is 1.83 bits per heavy atom. The summed E-state index contributed by atoms with van der Waals surface area (Å²) < 4.78 is 0. The van der Waals surface area contributed by atoms with E-state index < -0.39 is 0 Å². The van der Waals surface area contributed by atoms with Crippen LogP contribution in [0.25, 0.3) is 0 Å². The molecule has 18 heavy (non-hydrogen) atoms. The quantitative estimate of drug-likeness (QED) is 0.799. The number of nitrogens with one attached hydrogen (secondary N) is 2. The van der Waals surface area contributed by atoms with Crippen LogP contribution >= 0.6 is 11.3 Å². The van der Waals surface area contributed by atoms with Crippen molar-refractivity contribution in [3.63, 3.8) is 0 Å². The molecule has 0 fully saturated rings. The number of aromatic nitrogens is 1. The summed E-state index contributed by atoms with van der Waals surface area (Å²) in [4.78, 5) is 5.92. The molecule has 3 nitrogen and oxygen atoms in total. The molecule has 0 saturated heterocycles. The molecule has 0 spiro atoms. The van der Waals surface area contributed by atoms with Crippen LogP contribution < -0.4 is 10.6 Å². The number of rotatable bonds is 7. The molecule has 2 heterocycles. The Balaban J connectivity index is 1.81. The normalized spacial score (nSPS) is 10.3. The fraction of sp³-hybridized carbons (Fsp3) is 0.357. The van der Waals surface area contributed by atoms with Gasteiger partial charge >= 0.3 is 0 Å². The SMILES string of the molecule is CCCNc1cccc(NCCc2cccs2)n1. The van der Waals surface area contributed by atoms with E-state index in [1.807, 2.05) is 18.2 Å². The van der Waals surface area contributed by atoms with Crippen LogP contribution in [-0.2, 0) is 6.42 Å². The van der Waals surface area contributed by atoms with Gasteiger partial charge in [0, 0.05) is 18.0 Å². The van der Waals surface area contributed by atoms with Gasteiger partial charge in [-0.25, -0.2) is 4.98 Å². The Labute approximate surface area is 112 Å². The fourth-order valence-electron chi connectivity index (χ4n) is 1.65. The summed E-state index contributed by atoms with van der Waals surface area (Å²) in [6, 6.07) is 10.3. The van der Waals surface area contributed by atoms with Crippen LogP contribution in [0.3, 0.4) is 0 Å². The zero-order chi connectivity index (χ0) is 12.6. The van der Waals surface area contributed by atoms with Gasteiger partial charge in [0.15, 0.2) is 0 Å². The van der Waals surface area contributed by atoms with E-state index in [2.05, 4.69) is 40.1 Å². The average Bonchev–Trinajstić information content (AvgIpc) is 2.90. The summed E-state index contributed by atoms with van der Waals surface area (Å²) in [6.07, 6.45) is 2.16. The lowest BCUT2D eigenvalue weighted by molar-refractivity contribution is 0.966. The first kappa shape index (κ1) is 12.9. The van der Waals surface area contributed by atoms with Gasteiger partial charge in [0.2, 0.25) is 0 Å².